The molecular formula is C13H18FN3O. The van der Waals surface area contributed by atoms with E-state index < -0.39 is 5.82 Å². The smallest absolute Gasteiger partial charge is 0.244 e. The van der Waals surface area contributed by atoms with Gasteiger partial charge in [0.05, 0.1) is 0 Å². The van der Waals surface area contributed by atoms with E-state index in [2.05, 4.69) is 5.32 Å². The topological polar surface area (TPSA) is 58.4 Å². The van der Waals surface area contributed by atoms with E-state index in [0.717, 1.165) is 25.9 Å². The highest BCUT2D eigenvalue weighted by atomic mass is 19.1. The molecule has 3 N–H and O–H groups in total. The van der Waals surface area contributed by atoms with Gasteiger partial charge in [-0.1, -0.05) is 0 Å². The van der Waals surface area contributed by atoms with Gasteiger partial charge in [0.2, 0.25) is 5.91 Å². The molecule has 1 unspecified atom stereocenters. The second-order valence-electron chi connectivity index (χ2n) is 4.67. The Labute approximate surface area is 106 Å². The van der Waals surface area contributed by atoms with Crippen LogP contribution in [0.1, 0.15) is 19.8 Å². The molecule has 0 aliphatic carbocycles. The molecule has 1 fully saturated rings. The van der Waals surface area contributed by atoms with Crippen LogP contribution in [0.5, 0.6) is 0 Å². The number of halogens is 1. The maximum Gasteiger partial charge on any atom is 0.244 e. The molecule has 5 heteroatoms. The fourth-order valence-corrected chi connectivity index (χ4v) is 2.22. The summed E-state index contributed by atoms with van der Waals surface area (Å²) < 4.78 is 13.2. The third-order valence-electron chi connectivity index (χ3n) is 3.09. The van der Waals surface area contributed by atoms with Crippen LogP contribution in [0.15, 0.2) is 18.2 Å². The number of benzene rings is 1. The van der Waals surface area contributed by atoms with Crippen LogP contribution in [0.4, 0.5) is 15.8 Å². The van der Waals surface area contributed by atoms with Crippen LogP contribution >= 0.6 is 0 Å². The number of rotatable bonds is 3. The number of nitrogen functional groups attached to an aromatic ring is 1. The molecule has 2 rings (SSSR count). The minimum Gasteiger partial charge on any atom is -0.399 e. The summed E-state index contributed by atoms with van der Waals surface area (Å²) in [6.45, 7) is 3.41. The van der Waals surface area contributed by atoms with Crippen molar-refractivity contribution in [3.8, 4) is 0 Å². The predicted molar refractivity (Wildman–Crippen MR) is 69.7 cm³/mol. The lowest BCUT2D eigenvalue weighted by atomic mass is 10.2. The molecule has 0 saturated carbocycles. The highest BCUT2D eigenvalue weighted by Crippen LogP contribution is 2.17. The molecular weight excluding hydrogens is 233 g/mol. The summed E-state index contributed by atoms with van der Waals surface area (Å²) in [7, 11) is 0. The third-order valence-corrected chi connectivity index (χ3v) is 3.09. The first-order valence-electron chi connectivity index (χ1n) is 6.17. The lowest BCUT2D eigenvalue weighted by Crippen LogP contribution is -2.39. The Balaban J connectivity index is 2.01. The van der Waals surface area contributed by atoms with Crippen molar-refractivity contribution >= 4 is 17.3 Å². The van der Waals surface area contributed by atoms with E-state index in [4.69, 9.17) is 5.73 Å². The number of hydrogen-bond donors (Lipinski definition) is 2. The van der Waals surface area contributed by atoms with E-state index in [1.54, 1.807) is 13.0 Å². The number of nitrogens with one attached hydrogen (secondary N) is 1. The van der Waals surface area contributed by atoms with Crippen molar-refractivity contribution in [1.82, 2.24) is 4.90 Å². The van der Waals surface area contributed by atoms with Crippen LogP contribution in [0.25, 0.3) is 0 Å². The molecule has 18 heavy (non-hydrogen) atoms. The molecule has 0 bridgehead atoms. The fourth-order valence-electron chi connectivity index (χ4n) is 2.22. The maximum absolute atomic E-state index is 13.2. The van der Waals surface area contributed by atoms with E-state index in [1.807, 2.05) is 4.90 Å². The molecule has 4 nitrogen and oxygen atoms in total. The lowest BCUT2D eigenvalue weighted by molar-refractivity contribution is -0.130. The van der Waals surface area contributed by atoms with Gasteiger partial charge in [-0.15, -0.1) is 0 Å². The zero-order valence-corrected chi connectivity index (χ0v) is 10.4. The second-order valence-corrected chi connectivity index (χ2v) is 4.67. The average molecular weight is 251 g/mol. The number of amides is 1. The first-order chi connectivity index (χ1) is 8.56. The summed E-state index contributed by atoms with van der Waals surface area (Å²) in [4.78, 5) is 13.9. The summed E-state index contributed by atoms with van der Waals surface area (Å²) in [6.07, 6.45) is 2.12. The van der Waals surface area contributed by atoms with Crippen molar-refractivity contribution < 1.29 is 9.18 Å². The van der Waals surface area contributed by atoms with Gasteiger partial charge in [0.1, 0.15) is 11.9 Å². The van der Waals surface area contributed by atoms with Gasteiger partial charge >= 0.3 is 0 Å². The van der Waals surface area contributed by atoms with Gasteiger partial charge in [0.15, 0.2) is 0 Å². The van der Waals surface area contributed by atoms with Gasteiger partial charge < -0.3 is 16.0 Å². The van der Waals surface area contributed by atoms with Crippen molar-refractivity contribution in [3.63, 3.8) is 0 Å². The van der Waals surface area contributed by atoms with Gasteiger partial charge in [0.25, 0.3) is 0 Å². The quantitative estimate of drug-likeness (QED) is 0.806. The molecule has 1 aromatic carbocycles. The van der Waals surface area contributed by atoms with Crippen LogP contribution in [0.2, 0.25) is 0 Å². The van der Waals surface area contributed by atoms with E-state index in [1.165, 1.54) is 12.1 Å². The molecule has 98 valence electrons. The first-order valence-corrected chi connectivity index (χ1v) is 6.17. The van der Waals surface area contributed by atoms with Crippen molar-refractivity contribution in [2.75, 3.05) is 24.1 Å². The van der Waals surface area contributed by atoms with Gasteiger partial charge in [-0.2, -0.15) is 0 Å². The molecule has 1 amide bonds. The van der Waals surface area contributed by atoms with Crippen LogP contribution < -0.4 is 11.1 Å². The highest BCUT2D eigenvalue weighted by molar-refractivity contribution is 5.84. The standard InChI is InChI=1S/C13H18FN3O/c1-9(13(18)17-4-2-3-5-17)16-12-7-10(14)6-11(15)8-12/h6-9,16H,2-5,15H2,1H3. The largest absolute Gasteiger partial charge is 0.399 e. The predicted octanol–water partition coefficient (Wildman–Crippen LogP) is 1.83. The number of anilines is 2. The number of nitrogens with two attached hydrogens (primary N) is 1. The fraction of sp³-hybridized carbons (Fsp3) is 0.462. The van der Waals surface area contributed by atoms with Gasteiger partial charge in [0, 0.05) is 24.5 Å². The summed E-state index contributed by atoms with van der Waals surface area (Å²) in [5.74, 6) is -0.353. The van der Waals surface area contributed by atoms with Crippen LogP contribution in [0, 0.1) is 5.82 Å². The van der Waals surface area contributed by atoms with Crippen LogP contribution in [-0.2, 0) is 4.79 Å². The molecule has 1 saturated heterocycles. The van der Waals surface area contributed by atoms with Gasteiger partial charge in [-0.25, -0.2) is 4.39 Å². The molecule has 1 aliphatic rings. The highest BCUT2D eigenvalue weighted by Gasteiger charge is 2.23. The van der Waals surface area contributed by atoms with Gasteiger partial charge in [-0.05, 0) is 38.0 Å². The van der Waals surface area contributed by atoms with Crippen molar-refractivity contribution in [3.05, 3.63) is 24.0 Å². The Morgan fingerprint density at radius 3 is 2.67 bits per heavy atom. The zero-order valence-electron chi connectivity index (χ0n) is 10.4. The monoisotopic (exact) mass is 251 g/mol. The van der Waals surface area contributed by atoms with Crippen molar-refractivity contribution in [1.29, 1.82) is 0 Å². The number of hydrogen-bond acceptors (Lipinski definition) is 3. The van der Waals surface area contributed by atoms with Crippen molar-refractivity contribution in [2.45, 2.75) is 25.8 Å². The van der Waals surface area contributed by atoms with Crippen molar-refractivity contribution in [2.24, 2.45) is 0 Å². The van der Waals surface area contributed by atoms with Crippen LogP contribution in [0.3, 0.4) is 0 Å². The normalized spacial score (nSPS) is 16.7. The first kappa shape index (κ1) is 12.7. The van der Waals surface area contributed by atoms with Crippen LogP contribution in [-0.4, -0.2) is 29.9 Å². The number of likely N-dealkylation sites (tertiary alicyclic amines) is 1. The molecule has 0 radical (unpaired) electrons. The average Bonchev–Trinajstić information content (AvgIpc) is 2.79. The molecule has 0 spiro atoms. The summed E-state index contributed by atoms with van der Waals surface area (Å²) in [5.41, 5.74) is 6.44. The summed E-state index contributed by atoms with van der Waals surface area (Å²) >= 11 is 0. The minimum atomic E-state index is -0.404. The van der Waals surface area contributed by atoms with E-state index in [0.29, 0.717) is 11.4 Å². The number of carbonyl (C=O) groups excluding carboxylic acids is 1. The van der Waals surface area contributed by atoms with E-state index in [-0.39, 0.29) is 11.9 Å². The molecule has 0 aromatic heterocycles. The SMILES string of the molecule is CC(Nc1cc(N)cc(F)c1)C(=O)N1CCCC1. The molecule has 1 aromatic rings. The molecule has 1 heterocycles. The molecule has 1 atom stereocenters. The Bertz CT molecular complexity index is 424. The summed E-state index contributed by atoms with van der Waals surface area (Å²) in [6, 6.07) is 3.84. The Morgan fingerprint density at radius 2 is 2.06 bits per heavy atom. The third kappa shape index (κ3) is 2.91. The maximum atomic E-state index is 13.2. The van der Waals surface area contributed by atoms with E-state index >= 15 is 0 Å². The Morgan fingerprint density at radius 1 is 1.39 bits per heavy atom. The minimum absolute atomic E-state index is 0.0512. The number of carbonyl (C=O) groups is 1. The second kappa shape index (κ2) is 5.25. The summed E-state index contributed by atoms with van der Waals surface area (Å²) in [5, 5.41) is 2.99. The van der Waals surface area contributed by atoms with Gasteiger partial charge in [-0.3, -0.25) is 4.79 Å². The lowest BCUT2D eigenvalue weighted by Gasteiger charge is -2.22. The zero-order chi connectivity index (χ0) is 13.1. The molecule has 1 aliphatic heterocycles. The van der Waals surface area contributed by atoms with E-state index in [9.17, 15) is 9.18 Å². The Kier molecular flexibility index (Phi) is 3.69. The Hall–Kier alpha value is -1.78. The number of nitrogens with zero attached hydrogens (tertiary/aromatic N) is 1.